The second kappa shape index (κ2) is 4.52. The molecule has 0 aliphatic carbocycles. The van der Waals surface area contributed by atoms with Crippen LogP contribution in [0.2, 0.25) is 0 Å². The summed E-state index contributed by atoms with van der Waals surface area (Å²) in [6.07, 6.45) is 0. The van der Waals surface area contributed by atoms with E-state index in [1.165, 1.54) is 0 Å². The molecule has 1 atom stereocenters. The summed E-state index contributed by atoms with van der Waals surface area (Å²) in [5.74, 6) is 0. The van der Waals surface area contributed by atoms with E-state index in [2.05, 4.69) is 20.7 Å². The molecule has 0 amide bonds. The van der Waals surface area contributed by atoms with Crippen LogP contribution < -0.4 is 0 Å². The molecule has 1 unspecified atom stereocenters. The van der Waals surface area contributed by atoms with Crippen LogP contribution in [0.1, 0.15) is 10.6 Å². The third-order valence-electron chi connectivity index (χ3n) is 1.28. The van der Waals surface area contributed by atoms with Crippen LogP contribution in [0.25, 0.3) is 0 Å². The summed E-state index contributed by atoms with van der Waals surface area (Å²) in [5, 5.41) is -0.737. The number of benzene rings is 1. The first-order chi connectivity index (χ1) is 5.70. The van der Waals surface area contributed by atoms with E-state index in [0.29, 0.717) is 5.56 Å². The second-order valence-corrected chi connectivity index (χ2v) is 2.96. The molecule has 0 aliphatic heterocycles. The van der Waals surface area contributed by atoms with Gasteiger partial charge in [-0.05, 0) is 5.56 Å². The molecule has 4 heteroatoms. The summed E-state index contributed by atoms with van der Waals surface area (Å²) >= 11 is 2.98. The van der Waals surface area contributed by atoms with Crippen LogP contribution in [0.15, 0.2) is 30.3 Å². The zero-order valence-corrected chi connectivity index (χ0v) is 7.67. The van der Waals surface area contributed by atoms with Crippen molar-refractivity contribution < 1.29 is 13.5 Å². The number of rotatable bonds is 3. The predicted molar refractivity (Wildman–Crippen MR) is 45.2 cm³/mol. The van der Waals surface area contributed by atoms with Crippen LogP contribution in [0.3, 0.4) is 0 Å². The van der Waals surface area contributed by atoms with Crippen molar-refractivity contribution in [2.45, 2.75) is 11.6 Å². The van der Waals surface area contributed by atoms with Gasteiger partial charge in [0, 0.05) is 0 Å². The Kier molecular flexibility index (Phi) is 3.62. The summed E-state index contributed by atoms with van der Waals surface area (Å²) in [6, 6.07) is 8.76. The van der Waals surface area contributed by atoms with Gasteiger partial charge in [-0.15, -0.1) is 0 Å². The minimum absolute atomic E-state index is 0.679. The maximum atomic E-state index is 11.7. The van der Waals surface area contributed by atoms with Crippen molar-refractivity contribution in [1.82, 2.24) is 0 Å². The Bertz CT molecular complexity index is 228. The van der Waals surface area contributed by atoms with Crippen molar-refractivity contribution in [3.63, 3.8) is 0 Å². The van der Waals surface area contributed by atoms with Crippen LogP contribution in [-0.4, -0.2) is 6.61 Å². The summed E-state index contributed by atoms with van der Waals surface area (Å²) in [7, 11) is 0. The van der Waals surface area contributed by atoms with Gasteiger partial charge in [0.2, 0.25) is 0 Å². The van der Waals surface area contributed by atoms with Gasteiger partial charge in [-0.1, -0.05) is 46.3 Å². The first-order valence-corrected chi connectivity index (χ1v) is 4.24. The highest BCUT2D eigenvalue weighted by Crippen LogP contribution is 2.25. The highest BCUT2D eigenvalue weighted by Gasteiger charge is 2.12. The highest BCUT2D eigenvalue weighted by atomic mass is 79.9. The third kappa shape index (κ3) is 2.87. The summed E-state index contributed by atoms with van der Waals surface area (Å²) in [4.78, 5) is 0. The molecule has 1 rings (SSSR count). The molecular weight excluding hydrogens is 230 g/mol. The lowest BCUT2D eigenvalue weighted by molar-refractivity contribution is -0.138. The Hall–Kier alpha value is -0.480. The summed E-state index contributed by atoms with van der Waals surface area (Å²) in [6.45, 7) is -2.76. The number of ether oxygens (including phenoxy) is 1. The molecule has 66 valence electrons. The molecule has 1 aromatic rings. The van der Waals surface area contributed by atoms with Gasteiger partial charge in [0.05, 0.1) is 0 Å². The van der Waals surface area contributed by atoms with Gasteiger partial charge in [-0.3, -0.25) is 0 Å². The SMILES string of the molecule is FC(F)OC(Br)c1ccccc1. The summed E-state index contributed by atoms with van der Waals surface area (Å²) in [5.41, 5.74) is 0.679. The Morgan fingerprint density at radius 3 is 2.25 bits per heavy atom. The number of hydrogen-bond donors (Lipinski definition) is 0. The predicted octanol–water partition coefficient (Wildman–Crippen LogP) is 3.32. The van der Waals surface area contributed by atoms with E-state index in [-0.39, 0.29) is 0 Å². The molecule has 0 radical (unpaired) electrons. The molecule has 0 saturated heterocycles. The first kappa shape index (κ1) is 9.61. The van der Waals surface area contributed by atoms with E-state index in [1.807, 2.05) is 6.07 Å². The zero-order chi connectivity index (χ0) is 8.97. The van der Waals surface area contributed by atoms with Gasteiger partial charge in [-0.25, -0.2) is 0 Å². The van der Waals surface area contributed by atoms with E-state index < -0.39 is 11.6 Å². The fourth-order valence-corrected chi connectivity index (χ4v) is 1.24. The van der Waals surface area contributed by atoms with Gasteiger partial charge in [0.15, 0.2) is 0 Å². The Morgan fingerprint density at radius 1 is 1.17 bits per heavy atom. The Labute approximate surface area is 77.5 Å². The smallest absolute Gasteiger partial charge is 0.303 e. The van der Waals surface area contributed by atoms with E-state index in [0.717, 1.165) is 0 Å². The molecule has 0 bridgehead atoms. The van der Waals surface area contributed by atoms with Crippen LogP contribution in [0, 0.1) is 0 Å². The van der Waals surface area contributed by atoms with E-state index in [4.69, 9.17) is 0 Å². The molecule has 1 aromatic carbocycles. The minimum atomic E-state index is -2.76. The van der Waals surface area contributed by atoms with E-state index >= 15 is 0 Å². The molecule has 0 heterocycles. The minimum Gasteiger partial charge on any atom is -0.303 e. The topological polar surface area (TPSA) is 9.23 Å². The van der Waals surface area contributed by atoms with Gasteiger partial charge in [0.1, 0.15) is 5.01 Å². The van der Waals surface area contributed by atoms with Crippen molar-refractivity contribution in [3.05, 3.63) is 35.9 Å². The molecular formula is C8H7BrF2O. The average molecular weight is 237 g/mol. The van der Waals surface area contributed by atoms with E-state index in [1.54, 1.807) is 24.3 Å². The fraction of sp³-hybridized carbons (Fsp3) is 0.250. The lowest BCUT2D eigenvalue weighted by Gasteiger charge is -2.09. The molecule has 12 heavy (non-hydrogen) atoms. The first-order valence-electron chi connectivity index (χ1n) is 3.33. The standard InChI is InChI=1S/C8H7BrF2O/c9-7(12-8(10)11)6-4-2-1-3-5-6/h1-5,7-8H. The van der Waals surface area contributed by atoms with Gasteiger partial charge in [-0.2, -0.15) is 8.78 Å². The summed E-state index contributed by atoms with van der Waals surface area (Å²) < 4.78 is 27.7. The van der Waals surface area contributed by atoms with Crippen LogP contribution >= 0.6 is 15.9 Å². The van der Waals surface area contributed by atoms with Gasteiger partial charge < -0.3 is 4.74 Å². The quantitative estimate of drug-likeness (QED) is 0.732. The normalized spacial score (nSPS) is 13.3. The molecule has 0 fully saturated rings. The molecule has 1 nitrogen and oxygen atoms in total. The zero-order valence-electron chi connectivity index (χ0n) is 6.08. The van der Waals surface area contributed by atoms with Crippen molar-refractivity contribution in [2.75, 3.05) is 0 Å². The van der Waals surface area contributed by atoms with Crippen LogP contribution in [0.5, 0.6) is 0 Å². The second-order valence-electron chi connectivity index (χ2n) is 2.12. The fourth-order valence-electron chi connectivity index (χ4n) is 0.773. The molecule has 0 spiro atoms. The maximum Gasteiger partial charge on any atom is 0.346 e. The number of alkyl halides is 3. The Morgan fingerprint density at radius 2 is 1.75 bits per heavy atom. The third-order valence-corrected chi connectivity index (χ3v) is 2.03. The number of hydrogen-bond acceptors (Lipinski definition) is 1. The maximum absolute atomic E-state index is 11.7. The lowest BCUT2D eigenvalue weighted by Crippen LogP contribution is -2.02. The van der Waals surface area contributed by atoms with Crippen molar-refractivity contribution >= 4 is 15.9 Å². The van der Waals surface area contributed by atoms with Crippen LogP contribution in [-0.2, 0) is 4.74 Å². The lowest BCUT2D eigenvalue weighted by atomic mass is 10.2. The molecule has 0 N–H and O–H groups in total. The number of halogens is 3. The average Bonchev–Trinajstić information content (AvgIpc) is 2.05. The van der Waals surface area contributed by atoms with Gasteiger partial charge in [0.25, 0.3) is 0 Å². The van der Waals surface area contributed by atoms with Gasteiger partial charge >= 0.3 is 6.61 Å². The highest BCUT2D eigenvalue weighted by molar-refractivity contribution is 9.09. The monoisotopic (exact) mass is 236 g/mol. The Balaban J connectivity index is 2.59. The molecule has 0 aliphatic rings. The van der Waals surface area contributed by atoms with Crippen molar-refractivity contribution in [1.29, 1.82) is 0 Å². The van der Waals surface area contributed by atoms with Crippen molar-refractivity contribution in [2.24, 2.45) is 0 Å². The largest absolute Gasteiger partial charge is 0.346 e. The van der Waals surface area contributed by atoms with E-state index in [9.17, 15) is 8.78 Å². The van der Waals surface area contributed by atoms with Crippen molar-refractivity contribution in [3.8, 4) is 0 Å². The van der Waals surface area contributed by atoms with Crippen LogP contribution in [0.4, 0.5) is 8.78 Å². The molecule has 0 aromatic heterocycles. The molecule has 0 saturated carbocycles.